The number of pyridine rings is 1. The number of aromatic nitrogens is 4. The number of fused-ring (bicyclic) bond motifs is 2. The second-order valence-electron chi connectivity index (χ2n) is 7.74. The number of thiazole rings is 1. The van der Waals surface area contributed by atoms with Crippen LogP contribution in [-0.2, 0) is 21.3 Å². The highest BCUT2D eigenvalue weighted by atomic mass is 32.2. The summed E-state index contributed by atoms with van der Waals surface area (Å²) in [5.41, 5.74) is 0.415. The molecular formula is C19H20F2N6O4S2. The Morgan fingerprint density at radius 2 is 2.18 bits per heavy atom. The van der Waals surface area contributed by atoms with Crippen LogP contribution in [0.4, 0.5) is 14.5 Å². The van der Waals surface area contributed by atoms with Gasteiger partial charge in [-0.15, -0.1) is 21.5 Å². The number of hydrogen-bond donors (Lipinski definition) is 0. The van der Waals surface area contributed by atoms with Gasteiger partial charge in [0, 0.05) is 25.3 Å². The number of sulfonamides is 1. The summed E-state index contributed by atoms with van der Waals surface area (Å²) in [5, 5.41) is 7.37. The van der Waals surface area contributed by atoms with Gasteiger partial charge >= 0.3 is 6.43 Å². The van der Waals surface area contributed by atoms with Crippen LogP contribution in [0.25, 0.3) is 10.8 Å². The van der Waals surface area contributed by atoms with Crippen LogP contribution < -0.4 is 4.31 Å². The minimum absolute atomic E-state index is 0.0380. The molecule has 3 aromatic heterocycles. The van der Waals surface area contributed by atoms with Gasteiger partial charge in [0.15, 0.2) is 0 Å². The molecule has 33 heavy (non-hydrogen) atoms. The Labute approximate surface area is 192 Å². The molecule has 2 saturated heterocycles. The summed E-state index contributed by atoms with van der Waals surface area (Å²) in [6.07, 6.45) is 2.70. The average molecular weight is 499 g/mol. The second kappa shape index (κ2) is 9.00. The van der Waals surface area contributed by atoms with E-state index in [-0.39, 0.29) is 30.3 Å². The monoisotopic (exact) mass is 498 g/mol. The quantitative estimate of drug-likeness (QED) is 0.438. The van der Waals surface area contributed by atoms with E-state index >= 15 is 0 Å². The van der Waals surface area contributed by atoms with Crippen molar-refractivity contribution in [2.75, 3.05) is 29.8 Å². The Morgan fingerprint density at radius 3 is 2.85 bits per heavy atom. The van der Waals surface area contributed by atoms with E-state index in [2.05, 4.69) is 25.1 Å². The number of likely N-dealkylation sites (tertiary alicyclic amines) is 1. The van der Waals surface area contributed by atoms with Crippen molar-refractivity contribution in [3.63, 3.8) is 0 Å². The molecule has 5 rings (SSSR count). The minimum atomic E-state index is -3.71. The van der Waals surface area contributed by atoms with Crippen molar-refractivity contribution < 1.29 is 26.4 Å². The number of nitrogens with zero attached hydrogens (tertiary/aromatic N) is 6. The highest BCUT2D eigenvalue weighted by molar-refractivity contribution is 7.92. The number of ether oxygens (including phenoxy) is 1. The molecule has 0 saturated carbocycles. The smallest absolute Gasteiger partial charge is 0.314 e. The van der Waals surface area contributed by atoms with Crippen molar-refractivity contribution in [3.8, 4) is 10.8 Å². The SMILES string of the molecule is O=S(=O)(CCN1C[C@@H]2C[C@H]1CO2)N(Cc1ncc(-c2nnc(C(F)F)o2)s1)c1cccnc1. The van der Waals surface area contributed by atoms with Gasteiger partial charge in [-0.25, -0.2) is 13.4 Å². The molecule has 14 heteroatoms. The van der Waals surface area contributed by atoms with Gasteiger partial charge in [-0.05, 0) is 18.6 Å². The van der Waals surface area contributed by atoms with Crippen molar-refractivity contribution in [2.45, 2.75) is 31.5 Å². The molecule has 2 bridgehead atoms. The van der Waals surface area contributed by atoms with Gasteiger partial charge in [-0.1, -0.05) is 0 Å². The lowest BCUT2D eigenvalue weighted by Crippen LogP contribution is -2.42. The summed E-state index contributed by atoms with van der Waals surface area (Å²) in [5.74, 6) is -0.929. The predicted molar refractivity (Wildman–Crippen MR) is 114 cm³/mol. The highest BCUT2D eigenvalue weighted by Gasteiger charge is 2.39. The lowest BCUT2D eigenvalue weighted by atomic mass is 10.2. The van der Waals surface area contributed by atoms with E-state index in [1.807, 2.05) is 0 Å². The second-order valence-corrected chi connectivity index (χ2v) is 10.9. The molecule has 2 aliphatic heterocycles. The number of anilines is 1. The molecule has 2 atom stereocenters. The summed E-state index contributed by atoms with van der Waals surface area (Å²) < 4.78 is 64.0. The topological polar surface area (TPSA) is 115 Å². The van der Waals surface area contributed by atoms with E-state index in [4.69, 9.17) is 9.15 Å². The molecule has 0 aromatic carbocycles. The van der Waals surface area contributed by atoms with Crippen LogP contribution in [-0.4, -0.2) is 71.1 Å². The van der Waals surface area contributed by atoms with Crippen LogP contribution in [0.1, 0.15) is 23.7 Å². The Bertz CT molecular complexity index is 1210. The van der Waals surface area contributed by atoms with Gasteiger partial charge in [0.2, 0.25) is 10.0 Å². The largest absolute Gasteiger partial charge is 0.414 e. The number of rotatable bonds is 9. The van der Waals surface area contributed by atoms with Crippen LogP contribution >= 0.6 is 11.3 Å². The summed E-state index contributed by atoms with van der Waals surface area (Å²) >= 11 is 1.10. The van der Waals surface area contributed by atoms with Crippen molar-refractivity contribution in [1.82, 2.24) is 25.1 Å². The summed E-state index contributed by atoms with van der Waals surface area (Å²) in [7, 11) is -3.71. The van der Waals surface area contributed by atoms with Crippen molar-refractivity contribution in [1.29, 1.82) is 0 Å². The maximum atomic E-state index is 13.3. The zero-order valence-electron chi connectivity index (χ0n) is 17.3. The fourth-order valence-corrected chi connectivity index (χ4v) is 6.32. The van der Waals surface area contributed by atoms with Crippen molar-refractivity contribution in [3.05, 3.63) is 41.6 Å². The third kappa shape index (κ3) is 4.74. The van der Waals surface area contributed by atoms with E-state index in [0.717, 1.165) is 24.3 Å². The van der Waals surface area contributed by atoms with E-state index in [9.17, 15) is 17.2 Å². The number of alkyl halides is 2. The molecule has 0 amide bonds. The zero-order valence-corrected chi connectivity index (χ0v) is 18.9. The van der Waals surface area contributed by atoms with Gasteiger partial charge in [0.25, 0.3) is 11.8 Å². The normalized spacial score (nSPS) is 20.7. The van der Waals surface area contributed by atoms with E-state index < -0.39 is 22.3 Å². The van der Waals surface area contributed by atoms with Crippen LogP contribution in [0.5, 0.6) is 0 Å². The minimum Gasteiger partial charge on any atom is -0.414 e. The average Bonchev–Trinajstić information content (AvgIpc) is 3.60. The van der Waals surface area contributed by atoms with E-state index in [1.54, 1.807) is 18.3 Å². The maximum Gasteiger partial charge on any atom is 0.314 e. The van der Waals surface area contributed by atoms with E-state index in [0.29, 0.717) is 28.7 Å². The Kier molecular flexibility index (Phi) is 6.07. The van der Waals surface area contributed by atoms with E-state index in [1.165, 1.54) is 16.7 Å². The first-order valence-electron chi connectivity index (χ1n) is 10.2. The highest BCUT2D eigenvalue weighted by Crippen LogP contribution is 2.31. The lowest BCUT2D eigenvalue weighted by molar-refractivity contribution is 0.0332. The fourth-order valence-electron chi connectivity index (χ4n) is 3.97. The van der Waals surface area contributed by atoms with Crippen molar-refractivity contribution in [2.24, 2.45) is 0 Å². The van der Waals surface area contributed by atoms with Crippen LogP contribution in [0.2, 0.25) is 0 Å². The van der Waals surface area contributed by atoms with Gasteiger partial charge in [0.05, 0.1) is 43.1 Å². The Morgan fingerprint density at radius 1 is 1.30 bits per heavy atom. The lowest BCUT2D eigenvalue weighted by Gasteiger charge is -2.28. The fraction of sp³-hybridized carbons (Fsp3) is 0.474. The number of morpholine rings is 1. The maximum absolute atomic E-state index is 13.3. The molecule has 0 N–H and O–H groups in total. The Balaban J connectivity index is 1.34. The first kappa shape index (κ1) is 22.3. The molecule has 0 unspecified atom stereocenters. The molecule has 5 heterocycles. The molecule has 0 aliphatic carbocycles. The molecule has 2 aliphatic rings. The predicted octanol–water partition coefficient (Wildman–Crippen LogP) is 2.34. The standard InChI is InChI=1S/C19H20F2N6O4S2/c20-17(21)19-25-24-18(31-19)15-8-23-16(32-15)10-27(12-2-1-3-22-7-12)33(28,29)5-4-26-9-14-6-13(26)11-30-14/h1-3,7-8,13-14,17H,4-6,9-11H2/t13-,14-/m0/s1. The number of halogens is 2. The van der Waals surface area contributed by atoms with Crippen LogP contribution in [0.15, 0.2) is 35.1 Å². The molecular weight excluding hydrogens is 478 g/mol. The molecule has 3 aromatic rings. The van der Waals surface area contributed by atoms with Crippen LogP contribution in [0, 0.1) is 0 Å². The first-order valence-corrected chi connectivity index (χ1v) is 12.6. The molecule has 176 valence electrons. The van der Waals surface area contributed by atoms with Gasteiger partial charge in [-0.3, -0.25) is 14.2 Å². The molecule has 10 nitrogen and oxygen atoms in total. The van der Waals surface area contributed by atoms with Crippen molar-refractivity contribution >= 4 is 27.0 Å². The first-order chi connectivity index (χ1) is 15.9. The summed E-state index contributed by atoms with van der Waals surface area (Å²) in [6.45, 7) is 1.75. The molecule has 0 radical (unpaired) electrons. The van der Waals surface area contributed by atoms with Crippen LogP contribution in [0.3, 0.4) is 0 Å². The van der Waals surface area contributed by atoms with Gasteiger partial charge in [0.1, 0.15) is 9.88 Å². The third-order valence-corrected chi connectivity index (χ3v) is 8.27. The zero-order chi connectivity index (χ0) is 23.0. The number of hydrogen-bond acceptors (Lipinski definition) is 10. The molecule has 0 spiro atoms. The Hall–Kier alpha value is -2.55. The van der Waals surface area contributed by atoms with Gasteiger partial charge < -0.3 is 9.15 Å². The molecule has 2 fully saturated rings. The third-order valence-electron chi connectivity index (χ3n) is 5.59. The summed E-state index contributed by atoms with van der Waals surface area (Å²) in [6, 6.07) is 3.59. The van der Waals surface area contributed by atoms with Gasteiger partial charge in [-0.2, -0.15) is 8.78 Å². The summed E-state index contributed by atoms with van der Waals surface area (Å²) in [4.78, 5) is 10.8.